The summed E-state index contributed by atoms with van der Waals surface area (Å²) in [7, 11) is 0. The van der Waals surface area contributed by atoms with Crippen LogP contribution in [0.15, 0.2) is 0 Å². The molecule has 1 rings (SSSR count). The van der Waals surface area contributed by atoms with Gasteiger partial charge in [-0.2, -0.15) is 0 Å². The second kappa shape index (κ2) is 5.30. The van der Waals surface area contributed by atoms with Crippen molar-refractivity contribution in [2.45, 2.75) is 40.1 Å². The maximum atomic E-state index is 11.0. The lowest BCUT2D eigenvalue weighted by Crippen LogP contribution is -2.48. The van der Waals surface area contributed by atoms with Gasteiger partial charge >= 0.3 is 11.9 Å². The van der Waals surface area contributed by atoms with Crippen LogP contribution in [-0.4, -0.2) is 30.9 Å². The average Bonchev–Trinajstić information content (AvgIpc) is 2.16. The molecule has 5 heteroatoms. The molecule has 0 saturated carbocycles. The third-order valence-corrected chi connectivity index (χ3v) is 2.79. The molecule has 1 unspecified atom stereocenters. The lowest BCUT2D eigenvalue weighted by molar-refractivity contribution is -0.244. The summed E-state index contributed by atoms with van der Waals surface area (Å²) in [6.45, 7) is 7.09. The van der Waals surface area contributed by atoms with Gasteiger partial charge in [0.25, 0.3) is 0 Å². The Balaban J connectivity index is 2.72. The molecule has 0 aromatic rings. The standard InChI is InChI=1S/C11H18O5/c1-6-5-14-11(16-9(4)13)10(7(6)2)15-8(3)12/h6-7,10-11H,5H2,1-4H3/t6-,7+,10+,11?/m1/s1. The van der Waals surface area contributed by atoms with Gasteiger partial charge in [-0.1, -0.05) is 13.8 Å². The number of carbonyl (C=O) groups excluding carboxylic acids is 2. The van der Waals surface area contributed by atoms with Crippen molar-refractivity contribution in [3.63, 3.8) is 0 Å². The maximum absolute atomic E-state index is 11.0. The van der Waals surface area contributed by atoms with E-state index in [9.17, 15) is 9.59 Å². The Morgan fingerprint density at radius 3 is 2.19 bits per heavy atom. The third kappa shape index (κ3) is 3.20. The molecule has 1 aliphatic heterocycles. The number of esters is 2. The Morgan fingerprint density at radius 1 is 1.12 bits per heavy atom. The summed E-state index contributed by atoms with van der Waals surface area (Å²) in [6.07, 6.45) is -1.31. The van der Waals surface area contributed by atoms with Crippen LogP contribution in [0.25, 0.3) is 0 Å². The predicted molar refractivity (Wildman–Crippen MR) is 55.4 cm³/mol. The highest BCUT2D eigenvalue weighted by Crippen LogP contribution is 2.28. The van der Waals surface area contributed by atoms with Crippen molar-refractivity contribution in [1.29, 1.82) is 0 Å². The predicted octanol–water partition coefficient (Wildman–Crippen LogP) is 1.11. The van der Waals surface area contributed by atoms with Gasteiger partial charge in [0.1, 0.15) is 0 Å². The summed E-state index contributed by atoms with van der Waals surface area (Å²) >= 11 is 0. The number of carbonyl (C=O) groups is 2. The fraction of sp³-hybridized carbons (Fsp3) is 0.818. The maximum Gasteiger partial charge on any atom is 0.305 e. The molecule has 0 aromatic heterocycles. The quantitative estimate of drug-likeness (QED) is 0.665. The van der Waals surface area contributed by atoms with Crippen LogP contribution in [0.4, 0.5) is 0 Å². The van der Waals surface area contributed by atoms with Crippen LogP contribution in [0.1, 0.15) is 27.7 Å². The molecule has 0 N–H and O–H groups in total. The summed E-state index contributed by atoms with van der Waals surface area (Å²) in [4.78, 5) is 21.9. The lowest BCUT2D eigenvalue weighted by Gasteiger charge is -2.38. The zero-order chi connectivity index (χ0) is 12.3. The molecule has 1 fully saturated rings. The van der Waals surface area contributed by atoms with Crippen molar-refractivity contribution in [1.82, 2.24) is 0 Å². The van der Waals surface area contributed by atoms with Crippen LogP contribution in [0.5, 0.6) is 0 Å². The Hall–Kier alpha value is -1.10. The van der Waals surface area contributed by atoms with Crippen molar-refractivity contribution in [2.24, 2.45) is 11.8 Å². The van der Waals surface area contributed by atoms with E-state index < -0.39 is 24.3 Å². The molecule has 0 amide bonds. The van der Waals surface area contributed by atoms with Gasteiger partial charge in [-0.3, -0.25) is 9.59 Å². The normalized spacial score (nSPS) is 34.2. The van der Waals surface area contributed by atoms with Crippen molar-refractivity contribution in [2.75, 3.05) is 6.61 Å². The number of rotatable bonds is 2. The first-order valence-corrected chi connectivity index (χ1v) is 5.38. The van der Waals surface area contributed by atoms with E-state index in [1.807, 2.05) is 13.8 Å². The van der Waals surface area contributed by atoms with Crippen molar-refractivity contribution in [3.05, 3.63) is 0 Å². The Kier molecular flexibility index (Phi) is 4.29. The van der Waals surface area contributed by atoms with Crippen LogP contribution < -0.4 is 0 Å². The molecule has 4 atom stereocenters. The van der Waals surface area contributed by atoms with Crippen molar-refractivity contribution < 1.29 is 23.8 Å². The molecular weight excluding hydrogens is 212 g/mol. The molecule has 1 aliphatic rings. The fourth-order valence-corrected chi connectivity index (χ4v) is 1.68. The van der Waals surface area contributed by atoms with E-state index in [2.05, 4.69) is 0 Å². The van der Waals surface area contributed by atoms with Crippen molar-refractivity contribution in [3.8, 4) is 0 Å². The van der Waals surface area contributed by atoms with Gasteiger partial charge in [0.05, 0.1) is 6.61 Å². The summed E-state index contributed by atoms with van der Waals surface area (Å²) < 4.78 is 15.5. The SMILES string of the molecule is CC(=O)OC1OC[C@@H](C)[C@H](C)[C@@H]1OC(C)=O. The Morgan fingerprint density at radius 2 is 1.69 bits per heavy atom. The van der Waals surface area contributed by atoms with Gasteiger partial charge in [0, 0.05) is 19.8 Å². The first kappa shape index (κ1) is 13.0. The zero-order valence-corrected chi connectivity index (χ0v) is 10.1. The van der Waals surface area contributed by atoms with E-state index in [4.69, 9.17) is 14.2 Å². The summed E-state index contributed by atoms with van der Waals surface area (Å²) in [5.74, 6) is -0.478. The molecule has 16 heavy (non-hydrogen) atoms. The van der Waals surface area contributed by atoms with Gasteiger partial charge in [-0.25, -0.2) is 0 Å². The van der Waals surface area contributed by atoms with Gasteiger partial charge in [-0.15, -0.1) is 0 Å². The van der Waals surface area contributed by atoms with Crippen LogP contribution in [0.2, 0.25) is 0 Å². The van der Waals surface area contributed by atoms with Crippen LogP contribution in [0.3, 0.4) is 0 Å². The smallest absolute Gasteiger partial charge is 0.305 e. The minimum atomic E-state index is -0.785. The van der Waals surface area contributed by atoms with E-state index >= 15 is 0 Å². The molecule has 5 nitrogen and oxygen atoms in total. The third-order valence-electron chi connectivity index (χ3n) is 2.79. The van der Waals surface area contributed by atoms with E-state index in [1.54, 1.807) is 0 Å². The second-order valence-electron chi connectivity index (χ2n) is 4.22. The Labute approximate surface area is 95.0 Å². The molecule has 0 aliphatic carbocycles. The molecule has 1 heterocycles. The molecule has 0 radical (unpaired) electrons. The van der Waals surface area contributed by atoms with Gasteiger partial charge in [-0.05, 0) is 5.92 Å². The van der Waals surface area contributed by atoms with E-state index in [0.29, 0.717) is 6.61 Å². The molecular formula is C11H18O5. The van der Waals surface area contributed by atoms with Gasteiger partial charge in [0.2, 0.25) is 6.29 Å². The monoisotopic (exact) mass is 230 g/mol. The highest BCUT2D eigenvalue weighted by molar-refractivity contribution is 5.67. The Bertz CT molecular complexity index is 276. The number of ether oxygens (including phenoxy) is 3. The summed E-state index contributed by atoms with van der Waals surface area (Å²) in [5, 5.41) is 0. The van der Waals surface area contributed by atoms with Crippen LogP contribution in [-0.2, 0) is 23.8 Å². The molecule has 0 aromatic carbocycles. The summed E-state index contributed by atoms with van der Waals surface area (Å²) in [5.41, 5.74) is 0. The van der Waals surface area contributed by atoms with Gasteiger partial charge in [0.15, 0.2) is 6.10 Å². The lowest BCUT2D eigenvalue weighted by atomic mass is 9.88. The largest absolute Gasteiger partial charge is 0.456 e. The van der Waals surface area contributed by atoms with E-state index in [0.717, 1.165) is 0 Å². The average molecular weight is 230 g/mol. The minimum absolute atomic E-state index is 0.0991. The second-order valence-corrected chi connectivity index (χ2v) is 4.22. The van der Waals surface area contributed by atoms with Gasteiger partial charge < -0.3 is 14.2 Å². The topological polar surface area (TPSA) is 61.8 Å². The molecule has 0 spiro atoms. The minimum Gasteiger partial charge on any atom is -0.456 e. The molecule has 0 bridgehead atoms. The zero-order valence-electron chi connectivity index (χ0n) is 10.1. The van der Waals surface area contributed by atoms with Crippen LogP contribution >= 0.6 is 0 Å². The first-order chi connectivity index (χ1) is 7.41. The number of hydrogen-bond acceptors (Lipinski definition) is 5. The molecule has 1 saturated heterocycles. The van der Waals surface area contributed by atoms with Crippen molar-refractivity contribution >= 4 is 11.9 Å². The van der Waals surface area contributed by atoms with E-state index in [-0.39, 0.29) is 11.8 Å². The first-order valence-electron chi connectivity index (χ1n) is 5.38. The molecule has 92 valence electrons. The van der Waals surface area contributed by atoms with E-state index in [1.165, 1.54) is 13.8 Å². The van der Waals surface area contributed by atoms with Crippen LogP contribution in [0, 0.1) is 11.8 Å². The number of hydrogen-bond donors (Lipinski definition) is 0. The highest BCUT2D eigenvalue weighted by atomic mass is 16.7. The highest BCUT2D eigenvalue weighted by Gasteiger charge is 2.40. The fourth-order valence-electron chi connectivity index (χ4n) is 1.68. The summed E-state index contributed by atoms with van der Waals surface area (Å²) in [6, 6.07) is 0.